The van der Waals surface area contributed by atoms with Gasteiger partial charge < -0.3 is 19.9 Å². The molecule has 9 heteroatoms. The number of nitrogens with zero attached hydrogens (tertiary/aromatic N) is 6. The van der Waals surface area contributed by atoms with Gasteiger partial charge in [0, 0.05) is 70.5 Å². The van der Waals surface area contributed by atoms with E-state index in [2.05, 4.69) is 39.3 Å². The highest BCUT2D eigenvalue weighted by atomic mass is 16.5. The van der Waals surface area contributed by atoms with Crippen LogP contribution in [0.4, 0.5) is 5.69 Å². The van der Waals surface area contributed by atoms with E-state index in [4.69, 9.17) is 9.73 Å². The molecule has 2 aliphatic rings. The van der Waals surface area contributed by atoms with Crippen LogP contribution in [0, 0.1) is 0 Å². The maximum Gasteiger partial charge on any atom is 0.345 e. The van der Waals surface area contributed by atoms with Crippen molar-refractivity contribution in [3.8, 4) is 5.75 Å². The minimum atomic E-state index is 0.0317. The van der Waals surface area contributed by atoms with Gasteiger partial charge in [0.2, 0.25) is 0 Å². The fraction of sp³-hybridized carbons (Fsp3) is 0.609. The minimum Gasteiger partial charge on any atom is -0.497 e. The summed E-state index contributed by atoms with van der Waals surface area (Å²) in [6.07, 6.45) is 3.90. The smallest absolute Gasteiger partial charge is 0.345 e. The normalized spacial score (nSPS) is 16.8. The van der Waals surface area contributed by atoms with Crippen LogP contribution >= 0.6 is 0 Å². The zero-order chi connectivity index (χ0) is 22.3. The number of rotatable bonds is 7. The standard InChI is InChI=1S/C23H35N7O2/c1-3-24-22(25-11-7-13-30-23(31)29-12-5-4-10-21(29)26-30)28-16-14-27(15-17-28)19-8-6-9-20(18-19)32-2/h6,8-9,18H,3-5,7,10-17H2,1-2H3,(H,24,25). The monoisotopic (exact) mass is 441 g/mol. The topological polar surface area (TPSA) is 79.9 Å². The molecule has 0 bridgehead atoms. The molecule has 1 aromatic carbocycles. The molecular formula is C23H35N7O2. The first-order chi connectivity index (χ1) is 15.7. The molecule has 2 aliphatic heterocycles. The van der Waals surface area contributed by atoms with Crippen LogP contribution in [0.2, 0.25) is 0 Å². The van der Waals surface area contributed by atoms with Crippen LogP contribution in [0.1, 0.15) is 32.0 Å². The van der Waals surface area contributed by atoms with Crippen molar-refractivity contribution in [1.29, 1.82) is 0 Å². The van der Waals surface area contributed by atoms with Crippen molar-refractivity contribution in [2.24, 2.45) is 4.99 Å². The van der Waals surface area contributed by atoms with Gasteiger partial charge >= 0.3 is 5.69 Å². The summed E-state index contributed by atoms with van der Waals surface area (Å²) in [5.41, 5.74) is 1.23. The van der Waals surface area contributed by atoms with Gasteiger partial charge in [-0.15, -0.1) is 0 Å². The van der Waals surface area contributed by atoms with E-state index < -0.39 is 0 Å². The Hall–Kier alpha value is -2.97. The number of hydrogen-bond donors (Lipinski definition) is 1. The van der Waals surface area contributed by atoms with E-state index in [-0.39, 0.29) is 5.69 Å². The molecule has 9 nitrogen and oxygen atoms in total. The van der Waals surface area contributed by atoms with Crippen LogP contribution < -0.4 is 20.6 Å². The number of anilines is 1. The summed E-state index contributed by atoms with van der Waals surface area (Å²) in [5, 5.41) is 7.94. The molecule has 4 rings (SSSR count). The number of fused-ring (bicyclic) bond motifs is 1. The minimum absolute atomic E-state index is 0.0317. The number of guanidine groups is 1. The zero-order valence-corrected chi connectivity index (χ0v) is 19.3. The highest BCUT2D eigenvalue weighted by Gasteiger charge is 2.20. The molecule has 0 amide bonds. The number of aliphatic imine (C=N–C) groups is 1. The Labute approximate surface area is 189 Å². The van der Waals surface area contributed by atoms with E-state index in [9.17, 15) is 4.79 Å². The molecule has 1 fully saturated rings. The molecular weight excluding hydrogens is 406 g/mol. The van der Waals surface area contributed by atoms with Crippen molar-refractivity contribution in [2.75, 3.05) is 51.3 Å². The fourth-order valence-corrected chi connectivity index (χ4v) is 4.41. The van der Waals surface area contributed by atoms with E-state index in [1.54, 1.807) is 11.8 Å². The van der Waals surface area contributed by atoms with Gasteiger partial charge in [0.1, 0.15) is 11.6 Å². The summed E-state index contributed by atoms with van der Waals surface area (Å²) >= 11 is 0. The van der Waals surface area contributed by atoms with Crippen molar-refractivity contribution in [1.82, 2.24) is 24.6 Å². The summed E-state index contributed by atoms with van der Waals surface area (Å²) in [5.74, 6) is 2.78. The number of aryl methyl sites for hydroxylation is 2. The van der Waals surface area contributed by atoms with Crippen LogP contribution in [0.5, 0.6) is 5.75 Å². The third-order valence-corrected chi connectivity index (χ3v) is 6.15. The van der Waals surface area contributed by atoms with Crippen molar-refractivity contribution >= 4 is 11.6 Å². The predicted molar refractivity (Wildman–Crippen MR) is 127 cm³/mol. The number of piperazine rings is 1. The molecule has 0 spiro atoms. The first kappa shape index (κ1) is 22.2. The van der Waals surface area contributed by atoms with E-state index in [0.717, 1.165) is 82.5 Å². The lowest BCUT2D eigenvalue weighted by atomic mass is 10.2. The van der Waals surface area contributed by atoms with Crippen LogP contribution in [0.15, 0.2) is 34.1 Å². The van der Waals surface area contributed by atoms with Gasteiger partial charge in [-0.1, -0.05) is 6.07 Å². The lowest BCUT2D eigenvalue weighted by Gasteiger charge is -2.37. The number of methoxy groups -OCH3 is 1. The van der Waals surface area contributed by atoms with Crippen molar-refractivity contribution in [3.63, 3.8) is 0 Å². The second kappa shape index (κ2) is 10.6. The zero-order valence-electron chi connectivity index (χ0n) is 19.3. The largest absolute Gasteiger partial charge is 0.497 e. The number of ether oxygens (including phenoxy) is 1. The predicted octanol–water partition coefficient (Wildman–Crippen LogP) is 1.57. The Morgan fingerprint density at radius 2 is 2.03 bits per heavy atom. The highest BCUT2D eigenvalue weighted by molar-refractivity contribution is 5.80. The average Bonchev–Trinajstić information content (AvgIpc) is 3.16. The van der Waals surface area contributed by atoms with Gasteiger partial charge in [0.15, 0.2) is 5.96 Å². The average molecular weight is 442 g/mol. The third-order valence-electron chi connectivity index (χ3n) is 6.15. The van der Waals surface area contributed by atoms with Gasteiger partial charge in [-0.2, -0.15) is 5.10 Å². The Kier molecular flexibility index (Phi) is 7.34. The summed E-state index contributed by atoms with van der Waals surface area (Å²) in [7, 11) is 1.70. The lowest BCUT2D eigenvalue weighted by molar-refractivity contribution is 0.371. The molecule has 0 saturated carbocycles. The molecule has 1 aromatic heterocycles. The van der Waals surface area contributed by atoms with Crippen molar-refractivity contribution in [2.45, 2.75) is 45.7 Å². The molecule has 1 saturated heterocycles. The lowest BCUT2D eigenvalue weighted by Crippen LogP contribution is -2.52. The molecule has 1 N–H and O–H groups in total. The Balaban J connectivity index is 1.30. The number of hydrogen-bond acceptors (Lipinski definition) is 5. The molecule has 0 atom stereocenters. The summed E-state index contributed by atoms with van der Waals surface area (Å²) in [6.45, 7) is 8.73. The second-order valence-corrected chi connectivity index (χ2v) is 8.30. The van der Waals surface area contributed by atoms with Gasteiger partial charge in [0.25, 0.3) is 0 Å². The van der Waals surface area contributed by atoms with Gasteiger partial charge in [0.05, 0.1) is 7.11 Å². The molecule has 2 aromatic rings. The first-order valence-electron chi connectivity index (χ1n) is 11.8. The molecule has 0 radical (unpaired) electrons. The van der Waals surface area contributed by atoms with E-state index >= 15 is 0 Å². The van der Waals surface area contributed by atoms with Crippen LogP contribution in [-0.2, 0) is 19.5 Å². The van der Waals surface area contributed by atoms with E-state index in [0.29, 0.717) is 13.1 Å². The quantitative estimate of drug-likeness (QED) is 0.399. The maximum atomic E-state index is 12.5. The molecule has 0 aliphatic carbocycles. The van der Waals surface area contributed by atoms with Crippen LogP contribution in [0.3, 0.4) is 0 Å². The summed E-state index contributed by atoms with van der Waals surface area (Å²) in [6, 6.07) is 8.23. The van der Waals surface area contributed by atoms with Gasteiger partial charge in [-0.25, -0.2) is 9.48 Å². The fourth-order valence-electron chi connectivity index (χ4n) is 4.41. The number of benzene rings is 1. The summed E-state index contributed by atoms with van der Waals surface area (Å²) < 4.78 is 8.81. The first-order valence-corrected chi connectivity index (χ1v) is 11.8. The van der Waals surface area contributed by atoms with E-state index in [1.807, 2.05) is 16.7 Å². The Bertz CT molecular complexity index is 973. The maximum absolute atomic E-state index is 12.5. The Morgan fingerprint density at radius 3 is 2.78 bits per heavy atom. The molecule has 0 unspecified atom stereocenters. The van der Waals surface area contributed by atoms with Crippen LogP contribution in [-0.4, -0.2) is 71.6 Å². The third kappa shape index (κ3) is 5.08. The summed E-state index contributed by atoms with van der Waals surface area (Å²) in [4.78, 5) is 22.0. The second-order valence-electron chi connectivity index (χ2n) is 8.30. The van der Waals surface area contributed by atoms with Gasteiger partial charge in [-0.3, -0.25) is 9.56 Å². The highest BCUT2D eigenvalue weighted by Crippen LogP contribution is 2.22. The van der Waals surface area contributed by atoms with E-state index in [1.165, 1.54) is 5.69 Å². The number of aromatic nitrogens is 3. The molecule has 32 heavy (non-hydrogen) atoms. The molecule has 3 heterocycles. The molecule has 174 valence electrons. The van der Waals surface area contributed by atoms with Gasteiger partial charge in [-0.05, 0) is 38.3 Å². The van der Waals surface area contributed by atoms with Crippen molar-refractivity contribution in [3.05, 3.63) is 40.6 Å². The number of nitrogens with one attached hydrogen (secondary N) is 1. The van der Waals surface area contributed by atoms with Crippen LogP contribution in [0.25, 0.3) is 0 Å². The Morgan fingerprint density at radius 1 is 1.19 bits per heavy atom. The van der Waals surface area contributed by atoms with Crippen molar-refractivity contribution < 1.29 is 4.74 Å². The SMILES string of the molecule is CCNC(=NCCCn1nc2n(c1=O)CCCC2)N1CCN(c2cccc(OC)c2)CC1.